The molecule has 0 amide bonds. The largest absolute Gasteiger partial charge is 0.480 e. The molecule has 0 saturated carbocycles. The van der Waals surface area contributed by atoms with Crippen LogP contribution < -0.4 is 5.32 Å². The lowest BCUT2D eigenvalue weighted by atomic mass is 9.99. The highest BCUT2D eigenvalue weighted by molar-refractivity contribution is 5.78. The van der Waals surface area contributed by atoms with Crippen molar-refractivity contribution in [1.82, 2.24) is 5.32 Å². The molecule has 1 unspecified atom stereocenters. The topological polar surface area (TPSA) is 58.6 Å². The lowest BCUT2D eigenvalue weighted by Crippen LogP contribution is -2.48. The fraction of sp³-hybridized carbons (Fsp3) is 0.929. The maximum atomic E-state index is 11.0. The van der Waals surface area contributed by atoms with Crippen LogP contribution in [0.15, 0.2) is 0 Å². The lowest BCUT2D eigenvalue weighted by molar-refractivity contribution is -0.144. The molecule has 108 valence electrons. The normalized spacial score (nSPS) is 14.4. The van der Waals surface area contributed by atoms with Crippen molar-refractivity contribution in [2.24, 2.45) is 0 Å². The Morgan fingerprint density at radius 2 is 1.78 bits per heavy atom. The molecule has 0 fully saturated rings. The Hall–Kier alpha value is -0.610. The number of carbonyl (C=O) groups is 1. The van der Waals surface area contributed by atoms with E-state index in [-0.39, 0.29) is 0 Å². The molecule has 0 rings (SSSR count). The van der Waals surface area contributed by atoms with Crippen molar-refractivity contribution in [2.75, 3.05) is 20.3 Å². The fourth-order valence-corrected chi connectivity index (χ4v) is 1.70. The quantitative estimate of drug-likeness (QED) is 0.529. The second-order valence-electron chi connectivity index (χ2n) is 5.02. The first-order valence-electron chi connectivity index (χ1n) is 7.07. The first kappa shape index (κ1) is 17.4. The van der Waals surface area contributed by atoms with Gasteiger partial charge in [0.05, 0.1) is 0 Å². The van der Waals surface area contributed by atoms with Crippen LogP contribution in [0.3, 0.4) is 0 Å². The number of carboxylic acids is 1. The molecule has 0 aromatic carbocycles. The van der Waals surface area contributed by atoms with Crippen molar-refractivity contribution >= 4 is 5.97 Å². The van der Waals surface area contributed by atoms with Crippen LogP contribution in [0.5, 0.6) is 0 Å². The number of carboxylic acid groups (broad SMARTS) is 1. The van der Waals surface area contributed by atoms with Gasteiger partial charge in [0.1, 0.15) is 5.54 Å². The molecule has 1 atom stereocenters. The van der Waals surface area contributed by atoms with Crippen LogP contribution in [0.2, 0.25) is 0 Å². The third-order valence-electron chi connectivity index (χ3n) is 3.41. The fourth-order valence-electron chi connectivity index (χ4n) is 1.70. The summed E-state index contributed by atoms with van der Waals surface area (Å²) in [7, 11) is 1.67. The minimum Gasteiger partial charge on any atom is -0.480 e. The molecule has 0 aliphatic heterocycles. The van der Waals surface area contributed by atoms with E-state index in [0.29, 0.717) is 13.0 Å². The maximum Gasteiger partial charge on any atom is 0.323 e. The average molecular weight is 259 g/mol. The molecule has 0 saturated heterocycles. The van der Waals surface area contributed by atoms with Crippen molar-refractivity contribution in [3.63, 3.8) is 0 Å². The SMILES string of the molecule is CCCCCCCCOCCC(C)(NC)C(=O)O. The highest BCUT2D eigenvalue weighted by Gasteiger charge is 2.30. The van der Waals surface area contributed by atoms with Crippen LogP contribution in [0.4, 0.5) is 0 Å². The van der Waals surface area contributed by atoms with Gasteiger partial charge in [-0.15, -0.1) is 0 Å². The number of rotatable bonds is 12. The van der Waals surface area contributed by atoms with Gasteiger partial charge >= 0.3 is 5.97 Å². The smallest absolute Gasteiger partial charge is 0.323 e. The van der Waals surface area contributed by atoms with Crippen LogP contribution in [0, 0.1) is 0 Å². The van der Waals surface area contributed by atoms with Gasteiger partial charge < -0.3 is 15.2 Å². The third-order valence-corrected chi connectivity index (χ3v) is 3.41. The van der Waals surface area contributed by atoms with Gasteiger partial charge in [0.2, 0.25) is 0 Å². The van der Waals surface area contributed by atoms with Gasteiger partial charge in [-0.2, -0.15) is 0 Å². The molecule has 4 heteroatoms. The molecule has 0 spiro atoms. The molecule has 0 aromatic heterocycles. The standard InChI is InChI=1S/C14H29NO3/c1-4-5-6-7-8-9-11-18-12-10-14(2,15-3)13(16)17/h15H,4-12H2,1-3H3,(H,16,17). The highest BCUT2D eigenvalue weighted by Crippen LogP contribution is 2.10. The van der Waals surface area contributed by atoms with E-state index in [1.165, 1.54) is 32.1 Å². The lowest BCUT2D eigenvalue weighted by Gasteiger charge is -2.23. The molecular formula is C14H29NO3. The zero-order chi connectivity index (χ0) is 13.9. The summed E-state index contributed by atoms with van der Waals surface area (Å²) in [6.45, 7) is 5.14. The Morgan fingerprint density at radius 3 is 2.33 bits per heavy atom. The number of likely N-dealkylation sites (N-methyl/N-ethyl adjacent to an activating group) is 1. The number of aliphatic carboxylic acids is 1. The van der Waals surface area contributed by atoms with Crippen molar-refractivity contribution in [3.8, 4) is 0 Å². The molecule has 2 N–H and O–H groups in total. The zero-order valence-corrected chi connectivity index (χ0v) is 12.1. The summed E-state index contributed by atoms with van der Waals surface area (Å²) in [4.78, 5) is 11.0. The first-order valence-corrected chi connectivity index (χ1v) is 7.07. The summed E-state index contributed by atoms with van der Waals surface area (Å²) in [5.41, 5.74) is -0.874. The molecule has 0 aliphatic rings. The van der Waals surface area contributed by atoms with Crippen molar-refractivity contribution in [2.45, 2.75) is 64.3 Å². The van der Waals surface area contributed by atoms with Crippen LogP contribution in [0.25, 0.3) is 0 Å². The number of ether oxygens (including phenoxy) is 1. The number of hydrogen-bond donors (Lipinski definition) is 2. The predicted octanol–water partition coefficient (Wildman–Crippen LogP) is 2.82. The second-order valence-corrected chi connectivity index (χ2v) is 5.02. The maximum absolute atomic E-state index is 11.0. The minimum absolute atomic E-state index is 0.495. The Kier molecular flexibility index (Phi) is 9.98. The first-order chi connectivity index (χ1) is 8.56. The van der Waals surface area contributed by atoms with Gasteiger partial charge in [0.15, 0.2) is 0 Å². The number of hydrogen-bond acceptors (Lipinski definition) is 3. The molecule has 0 aliphatic carbocycles. The van der Waals surface area contributed by atoms with E-state index >= 15 is 0 Å². The Labute approximate surface area is 111 Å². The molecule has 0 heterocycles. The van der Waals surface area contributed by atoms with E-state index in [2.05, 4.69) is 12.2 Å². The molecule has 0 bridgehead atoms. The van der Waals surface area contributed by atoms with E-state index in [4.69, 9.17) is 9.84 Å². The Morgan fingerprint density at radius 1 is 1.17 bits per heavy atom. The second kappa shape index (κ2) is 10.3. The van der Waals surface area contributed by atoms with Crippen LogP contribution in [-0.2, 0) is 9.53 Å². The molecule has 18 heavy (non-hydrogen) atoms. The van der Waals surface area contributed by atoms with Gasteiger partial charge in [-0.25, -0.2) is 0 Å². The summed E-state index contributed by atoms with van der Waals surface area (Å²) in [6.07, 6.45) is 7.96. The van der Waals surface area contributed by atoms with E-state index in [1.807, 2.05) is 0 Å². The molecule has 4 nitrogen and oxygen atoms in total. The highest BCUT2D eigenvalue weighted by atomic mass is 16.5. The Bertz CT molecular complexity index is 221. The van der Waals surface area contributed by atoms with E-state index in [0.717, 1.165) is 13.0 Å². The summed E-state index contributed by atoms with van der Waals surface area (Å²) in [5.74, 6) is -0.826. The van der Waals surface area contributed by atoms with Gasteiger partial charge in [-0.05, 0) is 26.8 Å². The van der Waals surface area contributed by atoms with E-state index in [1.54, 1.807) is 14.0 Å². The summed E-state index contributed by atoms with van der Waals surface area (Å²) >= 11 is 0. The molecule has 0 radical (unpaired) electrons. The number of nitrogens with one attached hydrogen (secondary N) is 1. The minimum atomic E-state index is -0.874. The van der Waals surface area contributed by atoms with E-state index < -0.39 is 11.5 Å². The van der Waals surface area contributed by atoms with Gasteiger partial charge in [0.25, 0.3) is 0 Å². The van der Waals surface area contributed by atoms with Crippen LogP contribution in [0.1, 0.15) is 58.8 Å². The summed E-state index contributed by atoms with van der Waals surface area (Å²) < 4.78 is 5.48. The average Bonchev–Trinajstić information content (AvgIpc) is 2.36. The van der Waals surface area contributed by atoms with Crippen molar-refractivity contribution < 1.29 is 14.6 Å². The van der Waals surface area contributed by atoms with E-state index in [9.17, 15) is 4.79 Å². The van der Waals surface area contributed by atoms with Crippen molar-refractivity contribution in [3.05, 3.63) is 0 Å². The van der Waals surface area contributed by atoms with Gasteiger partial charge in [-0.1, -0.05) is 39.0 Å². The third kappa shape index (κ3) is 7.67. The molecule has 0 aromatic rings. The van der Waals surface area contributed by atoms with Crippen LogP contribution >= 0.6 is 0 Å². The van der Waals surface area contributed by atoms with Crippen LogP contribution in [-0.4, -0.2) is 36.9 Å². The van der Waals surface area contributed by atoms with Gasteiger partial charge in [-0.3, -0.25) is 4.79 Å². The van der Waals surface area contributed by atoms with Crippen molar-refractivity contribution in [1.29, 1.82) is 0 Å². The predicted molar refractivity (Wildman–Crippen MR) is 73.9 cm³/mol. The monoisotopic (exact) mass is 259 g/mol. The Balaban J connectivity index is 3.42. The summed E-state index contributed by atoms with van der Waals surface area (Å²) in [5, 5.41) is 11.9. The number of unbranched alkanes of at least 4 members (excludes halogenated alkanes) is 5. The summed E-state index contributed by atoms with van der Waals surface area (Å²) in [6, 6.07) is 0. The zero-order valence-electron chi connectivity index (χ0n) is 12.1. The molecular weight excluding hydrogens is 230 g/mol. The van der Waals surface area contributed by atoms with Gasteiger partial charge in [0, 0.05) is 13.2 Å².